The van der Waals surface area contributed by atoms with E-state index in [0.717, 1.165) is 3.92 Å². The highest BCUT2D eigenvalue weighted by molar-refractivity contribution is 14.1. The van der Waals surface area contributed by atoms with E-state index in [-0.39, 0.29) is 0 Å². The van der Waals surface area contributed by atoms with Crippen molar-refractivity contribution in [3.05, 3.63) is 0 Å². The van der Waals surface area contributed by atoms with Gasteiger partial charge in [0, 0.05) is 11.0 Å². The third kappa shape index (κ3) is 2.42. The smallest absolute Gasteiger partial charge is 0.0581 e. The van der Waals surface area contributed by atoms with Gasteiger partial charge in [0.1, 0.15) is 0 Å². The van der Waals surface area contributed by atoms with E-state index < -0.39 is 0 Å². The van der Waals surface area contributed by atoms with Crippen LogP contribution >= 0.6 is 22.6 Å². The standard InChI is InChI=1S/C7H13IO/c1-9-7-4-2-3-6(8)5-7/h6-7H,2-5H2,1H3/t6-,7-/m0/s1. The van der Waals surface area contributed by atoms with Crippen LogP contribution in [-0.4, -0.2) is 17.1 Å². The number of rotatable bonds is 1. The fraction of sp³-hybridized carbons (Fsp3) is 1.00. The lowest BCUT2D eigenvalue weighted by Crippen LogP contribution is -2.21. The maximum Gasteiger partial charge on any atom is 0.0581 e. The summed E-state index contributed by atoms with van der Waals surface area (Å²) in [5.41, 5.74) is 0. The molecular weight excluding hydrogens is 227 g/mol. The molecule has 0 aromatic carbocycles. The molecule has 1 aliphatic rings. The topological polar surface area (TPSA) is 9.23 Å². The second-order valence-electron chi connectivity index (χ2n) is 2.62. The maximum absolute atomic E-state index is 5.26. The molecule has 0 saturated heterocycles. The van der Waals surface area contributed by atoms with Gasteiger partial charge in [-0.1, -0.05) is 22.6 Å². The van der Waals surface area contributed by atoms with Crippen molar-refractivity contribution in [1.82, 2.24) is 0 Å². The van der Waals surface area contributed by atoms with Gasteiger partial charge in [-0.2, -0.15) is 0 Å². The van der Waals surface area contributed by atoms with Crippen LogP contribution in [0.5, 0.6) is 0 Å². The van der Waals surface area contributed by atoms with Crippen LogP contribution in [0, 0.1) is 0 Å². The van der Waals surface area contributed by atoms with Crippen LogP contribution in [0.25, 0.3) is 0 Å². The van der Waals surface area contributed by atoms with E-state index in [1.54, 1.807) is 0 Å². The zero-order valence-corrected chi connectivity index (χ0v) is 7.93. The average Bonchev–Trinajstić information content (AvgIpc) is 1.88. The Labute approximate surface area is 70.3 Å². The molecular formula is C7H13IO. The van der Waals surface area contributed by atoms with Crippen LogP contribution in [0.15, 0.2) is 0 Å². The van der Waals surface area contributed by atoms with Gasteiger partial charge in [-0.3, -0.25) is 0 Å². The molecule has 0 radical (unpaired) electrons. The van der Waals surface area contributed by atoms with Crippen LogP contribution < -0.4 is 0 Å². The number of hydrogen-bond acceptors (Lipinski definition) is 1. The third-order valence-corrected chi connectivity index (χ3v) is 3.03. The number of methoxy groups -OCH3 is 1. The summed E-state index contributed by atoms with van der Waals surface area (Å²) >= 11 is 2.52. The number of halogens is 1. The van der Waals surface area contributed by atoms with E-state index >= 15 is 0 Å². The predicted molar refractivity (Wildman–Crippen MR) is 47.1 cm³/mol. The third-order valence-electron chi connectivity index (χ3n) is 1.90. The summed E-state index contributed by atoms with van der Waals surface area (Å²) in [6, 6.07) is 0. The molecule has 1 nitrogen and oxygen atoms in total. The van der Waals surface area contributed by atoms with Crippen molar-refractivity contribution in [2.24, 2.45) is 0 Å². The van der Waals surface area contributed by atoms with Gasteiger partial charge in [0.15, 0.2) is 0 Å². The Balaban J connectivity index is 2.23. The first-order chi connectivity index (χ1) is 4.33. The van der Waals surface area contributed by atoms with Gasteiger partial charge in [0.2, 0.25) is 0 Å². The van der Waals surface area contributed by atoms with Crippen LogP contribution in [0.2, 0.25) is 0 Å². The van der Waals surface area contributed by atoms with E-state index in [1.165, 1.54) is 25.7 Å². The zero-order chi connectivity index (χ0) is 6.69. The first kappa shape index (κ1) is 7.79. The fourth-order valence-corrected chi connectivity index (χ4v) is 2.31. The number of hydrogen-bond donors (Lipinski definition) is 0. The summed E-state index contributed by atoms with van der Waals surface area (Å²) in [6.45, 7) is 0. The van der Waals surface area contributed by atoms with E-state index in [9.17, 15) is 0 Å². The van der Waals surface area contributed by atoms with Crippen molar-refractivity contribution in [2.75, 3.05) is 7.11 Å². The van der Waals surface area contributed by atoms with Crippen LogP contribution in [-0.2, 0) is 4.74 Å². The molecule has 1 rings (SSSR count). The summed E-state index contributed by atoms with van der Waals surface area (Å²) in [5, 5.41) is 0. The van der Waals surface area contributed by atoms with Gasteiger partial charge in [0.05, 0.1) is 6.10 Å². The maximum atomic E-state index is 5.26. The van der Waals surface area contributed by atoms with Crippen molar-refractivity contribution >= 4 is 22.6 Å². The monoisotopic (exact) mass is 240 g/mol. The molecule has 0 bridgehead atoms. The van der Waals surface area contributed by atoms with E-state index in [1.807, 2.05) is 7.11 Å². The SMILES string of the molecule is CO[C@H]1CCC[C@H](I)C1. The molecule has 2 atom stereocenters. The van der Waals surface area contributed by atoms with Gasteiger partial charge in [-0.05, 0) is 25.7 Å². The molecule has 1 aliphatic carbocycles. The summed E-state index contributed by atoms with van der Waals surface area (Å²) in [7, 11) is 1.82. The lowest BCUT2D eigenvalue weighted by Gasteiger charge is -2.23. The normalized spacial score (nSPS) is 36.7. The molecule has 0 amide bonds. The van der Waals surface area contributed by atoms with E-state index in [4.69, 9.17) is 4.74 Å². The molecule has 0 aliphatic heterocycles. The zero-order valence-electron chi connectivity index (χ0n) is 5.77. The molecule has 54 valence electrons. The highest BCUT2D eigenvalue weighted by Gasteiger charge is 2.18. The fourth-order valence-electron chi connectivity index (χ4n) is 1.30. The largest absolute Gasteiger partial charge is 0.381 e. The Hall–Kier alpha value is 0.690. The molecule has 0 N–H and O–H groups in total. The molecule has 0 unspecified atom stereocenters. The molecule has 0 aromatic heterocycles. The van der Waals surface area contributed by atoms with E-state index in [2.05, 4.69) is 22.6 Å². The average molecular weight is 240 g/mol. The Morgan fingerprint density at radius 2 is 2.22 bits per heavy atom. The van der Waals surface area contributed by atoms with Gasteiger partial charge in [-0.15, -0.1) is 0 Å². The van der Waals surface area contributed by atoms with Crippen LogP contribution in [0.3, 0.4) is 0 Å². The van der Waals surface area contributed by atoms with E-state index in [0.29, 0.717) is 6.10 Å². The molecule has 1 fully saturated rings. The van der Waals surface area contributed by atoms with Gasteiger partial charge in [-0.25, -0.2) is 0 Å². The Morgan fingerprint density at radius 3 is 2.67 bits per heavy atom. The first-order valence-electron chi connectivity index (χ1n) is 3.50. The Kier molecular flexibility index (Phi) is 3.26. The van der Waals surface area contributed by atoms with Gasteiger partial charge >= 0.3 is 0 Å². The van der Waals surface area contributed by atoms with Crippen molar-refractivity contribution in [2.45, 2.75) is 35.7 Å². The summed E-state index contributed by atoms with van der Waals surface area (Å²) < 4.78 is 6.12. The first-order valence-corrected chi connectivity index (χ1v) is 4.74. The van der Waals surface area contributed by atoms with Gasteiger partial charge < -0.3 is 4.74 Å². The summed E-state index contributed by atoms with van der Waals surface area (Å²) in [4.78, 5) is 0. The second-order valence-corrected chi connectivity index (χ2v) is 4.38. The highest BCUT2D eigenvalue weighted by atomic mass is 127. The molecule has 0 spiro atoms. The van der Waals surface area contributed by atoms with Crippen LogP contribution in [0.4, 0.5) is 0 Å². The van der Waals surface area contributed by atoms with Crippen LogP contribution in [0.1, 0.15) is 25.7 Å². The molecule has 9 heavy (non-hydrogen) atoms. The number of alkyl halides is 1. The molecule has 2 heteroatoms. The molecule has 0 aromatic rings. The quantitative estimate of drug-likeness (QED) is 0.505. The minimum Gasteiger partial charge on any atom is -0.381 e. The van der Waals surface area contributed by atoms with Gasteiger partial charge in [0.25, 0.3) is 0 Å². The Morgan fingerprint density at radius 1 is 1.44 bits per heavy atom. The highest BCUT2D eigenvalue weighted by Crippen LogP contribution is 2.25. The predicted octanol–water partition coefficient (Wildman–Crippen LogP) is 2.38. The van der Waals surface area contributed by atoms with Crippen molar-refractivity contribution in [1.29, 1.82) is 0 Å². The summed E-state index contributed by atoms with van der Waals surface area (Å²) in [6.07, 6.45) is 5.83. The minimum absolute atomic E-state index is 0.556. The second kappa shape index (κ2) is 3.76. The minimum atomic E-state index is 0.556. The summed E-state index contributed by atoms with van der Waals surface area (Å²) in [5.74, 6) is 0. The Bertz CT molecular complexity index is 85.0. The lowest BCUT2D eigenvalue weighted by atomic mass is 9.98. The number of ether oxygens (including phenoxy) is 1. The lowest BCUT2D eigenvalue weighted by molar-refractivity contribution is 0.0745. The van der Waals surface area contributed by atoms with Crippen molar-refractivity contribution < 1.29 is 4.74 Å². The molecule has 0 heterocycles. The van der Waals surface area contributed by atoms with Crippen molar-refractivity contribution in [3.63, 3.8) is 0 Å². The van der Waals surface area contributed by atoms with Crippen molar-refractivity contribution in [3.8, 4) is 0 Å². The molecule has 1 saturated carbocycles.